The van der Waals surface area contributed by atoms with E-state index in [9.17, 15) is 0 Å². The number of ether oxygens (including phenoxy) is 3. The van der Waals surface area contributed by atoms with Crippen LogP contribution in [-0.4, -0.2) is 6.71 Å². The lowest BCUT2D eigenvalue weighted by Crippen LogP contribution is -2.57. The second-order valence-electron chi connectivity index (χ2n) is 10.5. The van der Waals surface area contributed by atoms with Gasteiger partial charge in [0.25, 0.3) is 6.71 Å². The first-order valence-corrected chi connectivity index (χ1v) is 13.8. The van der Waals surface area contributed by atoms with Crippen LogP contribution in [0.15, 0.2) is 133 Å². The smallest absolute Gasteiger partial charge is 0.260 e. The Balaban J connectivity index is 1.31. The van der Waals surface area contributed by atoms with E-state index in [2.05, 4.69) is 89.8 Å². The van der Waals surface area contributed by atoms with Gasteiger partial charge in [0.05, 0.1) is 11.4 Å². The average Bonchev–Trinajstić information content (AvgIpc) is 3.04. The molecule has 41 heavy (non-hydrogen) atoms. The van der Waals surface area contributed by atoms with Crippen LogP contribution in [0.5, 0.6) is 34.5 Å². The third-order valence-corrected chi connectivity index (χ3v) is 8.19. The van der Waals surface area contributed by atoms with Crippen LogP contribution in [-0.2, 0) is 0 Å². The summed E-state index contributed by atoms with van der Waals surface area (Å²) < 4.78 is 19.8. The molecule has 192 valence electrons. The molecule has 0 aliphatic carbocycles. The Morgan fingerprint density at radius 2 is 1.07 bits per heavy atom. The fraction of sp³-hybridized carbons (Fsp3) is 0. The highest BCUT2D eigenvalue weighted by atomic mass is 16.5. The first-order chi connectivity index (χ1) is 20.3. The fourth-order valence-corrected chi connectivity index (χ4v) is 6.46. The Bertz CT molecular complexity index is 1990. The Morgan fingerprint density at radius 1 is 0.439 bits per heavy atom. The van der Waals surface area contributed by atoms with Gasteiger partial charge >= 0.3 is 0 Å². The maximum absolute atomic E-state index is 6.79. The summed E-state index contributed by atoms with van der Waals surface area (Å²) in [7, 11) is 0. The van der Waals surface area contributed by atoms with Crippen LogP contribution in [0.1, 0.15) is 0 Å². The Labute approximate surface area is 238 Å². The van der Waals surface area contributed by atoms with Gasteiger partial charge in [-0.15, -0.1) is 0 Å². The number of hydrogen-bond acceptors (Lipinski definition) is 4. The number of para-hydroxylation sites is 6. The number of fused-ring (bicyclic) bond motifs is 6. The van der Waals surface area contributed by atoms with E-state index in [1.807, 2.05) is 48.5 Å². The van der Waals surface area contributed by atoms with Crippen molar-refractivity contribution in [3.63, 3.8) is 0 Å². The molecule has 0 bridgehead atoms. The van der Waals surface area contributed by atoms with Crippen molar-refractivity contribution in [2.45, 2.75) is 0 Å². The van der Waals surface area contributed by atoms with Crippen molar-refractivity contribution in [2.24, 2.45) is 0 Å². The molecule has 0 spiro atoms. The molecule has 0 atom stereocenters. The standard InChI is InChI=1S/C36H22BNO3/c1-2-11-23(12-3-1)38-28-16-6-9-19-31(28)40-33-20-10-13-24(35(33)38)25-21-22-32-34-36(25)41-30-18-8-5-15-27(30)37(34)26-14-4-7-17-29(26)39-32/h1-22H. The molecule has 6 aromatic carbocycles. The molecule has 0 aromatic heterocycles. The monoisotopic (exact) mass is 527 g/mol. The largest absolute Gasteiger partial charge is 0.458 e. The molecule has 3 aliphatic rings. The van der Waals surface area contributed by atoms with Crippen LogP contribution in [0.4, 0.5) is 17.1 Å². The maximum Gasteiger partial charge on any atom is 0.260 e. The maximum atomic E-state index is 6.79. The summed E-state index contributed by atoms with van der Waals surface area (Å²) in [6.07, 6.45) is 0. The molecule has 0 amide bonds. The second-order valence-corrected chi connectivity index (χ2v) is 10.5. The molecule has 3 aliphatic heterocycles. The molecular weight excluding hydrogens is 505 g/mol. The molecule has 3 heterocycles. The van der Waals surface area contributed by atoms with Crippen LogP contribution >= 0.6 is 0 Å². The van der Waals surface area contributed by atoms with Crippen molar-refractivity contribution in [1.29, 1.82) is 0 Å². The zero-order valence-corrected chi connectivity index (χ0v) is 22.0. The van der Waals surface area contributed by atoms with Gasteiger partial charge in [0.2, 0.25) is 0 Å². The third kappa shape index (κ3) is 3.23. The van der Waals surface area contributed by atoms with Crippen molar-refractivity contribution >= 4 is 40.2 Å². The van der Waals surface area contributed by atoms with Crippen molar-refractivity contribution in [2.75, 3.05) is 4.90 Å². The van der Waals surface area contributed by atoms with Crippen LogP contribution in [0, 0.1) is 0 Å². The molecule has 0 fully saturated rings. The molecule has 0 radical (unpaired) electrons. The van der Waals surface area contributed by atoms with E-state index in [1.165, 1.54) is 0 Å². The minimum absolute atomic E-state index is 0.0107. The minimum atomic E-state index is 0.0107. The number of anilines is 3. The quantitative estimate of drug-likeness (QED) is 0.216. The van der Waals surface area contributed by atoms with E-state index >= 15 is 0 Å². The van der Waals surface area contributed by atoms with Crippen LogP contribution < -0.4 is 35.5 Å². The predicted molar refractivity (Wildman–Crippen MR) is 164 cm³/mol. The Kier molecular flexibility index (Phi) is 4.67. The zero-order chi connectivity index (χ0) is 26.9. The lowest BCUT2D eigenvalue weighted by Gasteiger charge is -2.36. The second kappa shape index (κ2) is 8.54. The molecule has 9 rings (SSSR count). The van der Waals surface area contributed by atoms with Gasteiger partial charge in [-0.25, -0.2) is 0 Å². The van der Waals surface area contributed by atoms with Crippen LogP contribution in [0.25, 0.3) is 11.1 Å². The summed E-state index contributed by atoms with van der Waals surface area (Å²) in [5, 5.41) is 0. The van der Waals surface area contributed by atoms with Crippen molar-refractivity contribution in [3.05, 3.63) is 133 Å². The van der Waals surface area contributed by atoms with Gasteiger partial charge in [-0.2, -0.15) is 0 Å². The molecule has 0 unspecified atom stereocenters. The Hall–Kier alpha value is -5.42. The van der Waals surface area contributed by atoms with Gasteiger partial charge in [-0.1, -0.05) is 78.9 Å². The number of nitrogens with zero attached hydrogens (tertiary/aromatic N) is 1. The highest BCUT2D eigenvalue weighted by Gasteiger charge is 2.41. The van der Waals surface area contributed by atoms with E-state index in [-0.39, 0.29) is 6.71 Å². The molecule has 4 nitrogen and oxygen atoms in total. The SMILES string of the molecule is c1ccc(N2c3ccccc3Oc3cccc(-c4ccc5c6c4Oc4ccccc4B6c4ccccc4O5)c32)cc1. The van der Waals surface area contributed by atoms with E-state index in [4.69, 9.17) is 14.2 Å². The van der Waals surface area contributed by atoms with E-state index < -0.39 is 0 Å². The topological polar surface area (TPSA) is 30.9 Å². The van der Waals surface area contributed by atoms with Crippen molar-refractivity contribution in [3.8, 4) is 45.6 Å². The highest BCUT2D eigenvalue weighted by Crippen LogP contribution is 2.55. The molecular formula is C36H22BNO3. The minimum Gasteiger partial charge on any atom is -0.458 e. The first-order valence-electron chi connectivity index (χ1n) is 13.8. The molecule has 0 saturated carbocycles. The molecule has 5 heteroatoms. The van der Waals surface area contributed by atoms with Crippen LogP contribution in [0.2, 0.25) is 0 Å². The van der Waals surface area contributed by atoms with Gasteiger partial charge in [-0.05, 0) is 65.5 Å². The average molecular weight is 527 g/mol. The summed E-state index contributed by atoms with van der Waals surface area (Å²) in [5.41, 5.74) is 8.39. The molecule has 6 aromatic rings. The summed E-state index contributed by atoms with van der Waals surface area (Å²) in [6, 6.07) is 45.7. The summed E-state index contributed by atoms with van der Waals surface area (Å²) in [6.45, 7) is 0.0107. The predicted octanol–water partition coefficient (Wildman–Crippen LogP) is 7.66. The summed E-state index contributed by atoms with van der Waals surface area (Å²) in [5.74, 6) is 5.02. The number of hydrogen-bond donors (Lipinski definition) is 0. The van der Waals surface area contributed by atoms with Gasteiger partial charge in [0.1, 0.15) is 23.0 Å². The third-order valence-electron chi connectivity index (χ3n) is 8.19. The first kappa shape index (κ1) is 22.4. The van der Waals surface area contributed by atoms with Crippen LogP contribution in [0.3, 0.4) is 0 Å². The van der Waals surface area contributed by atoms with Gasteiger partial charge in [0.15, 0.2) is 11.5 Å². The fourth-order valence-electron chi connectivity index (χ4n) is 6.46. The lowest BCUT2D eigenvalue weighted by molar-refractivity contribution is 0.465. The zero-order valence-electron chi connectivity index (χ0n) is 22.0. The van der Waals surface area contributed by atoms with Gasteiger partial charge in [0, 0.05) is 22.3 Å². The summed E-state index contributed by atoms with van der Waals surface area (Å²) >= 11 is 0. The summed E-state index contributed by atoms with van der Waals surface area (Å²) in [4.78, 5) is 2.29. The molecule has 0 N–H and O–H groups in total. The number of benzene rings is 6. The van der Waals surface area contributed by atoms with E-state index in [1.54, 1.807) is 0 Å². The molecule has 0 saturated heterocycles. The van der Waals surface area contributed by atoms with Crippen molar-refractivity contribution < 1.29 is 14.2 Å². The van der Waals surface area contributed by atoms with Gasteiger partial charge in [-0.3, -0.25) is 0 Å². The number of rotatable bonds is 2. The Morgan fingerprint density at radius 3 is 1.88 bits per heavy atom. The van der Waals surface area contributed by atoms with E-state index in [0.29, 0.717) is 0 Å². The van der Waals surface area contributed by atoms with E-state index in [0.717, 1.165) is 79.1 Å². The van der Waals surface area contributed by atoms with Gasteiger partial charge < -0.3 is 19.1 Å². The van der Waals surface area contributed by atoms with Crippen molar-refractivity contribution in [1.82, 2.24) is 0 Å². The lowest BCUT2D eigenvalue weighted by atomic mass is 9.34. The highest BCUT2D eigenvalue weighted by molar-refractivity contribution is 6.98. The normalized spacial score (nSPS) is 13.4.